The van der Waals surface area contributed by atoms with E-state index in [0.29, 0.717) is 25.3 Å². The lowest BCUT2D eigenvalue weighted by Gasteiger charge is -2.30. The maximum Gasteiger partial charge on any atom is 0.272 e. The number of carbonyl (C=O) groups is 1. The van der Waals surface area contributed by atoms with E-state index in [4.69, 9.17) is 0 Å². The van der Waals surface area contributed by atoms with E-state index in [2.05, 4.69) is 10.3 Å². The molecule has 1 aliphatic rings. The molecule has 2 aromatic heterocycles. The van der Waals surface area contributed by atoms with Crippen molar-refractivity contribution in [3.63, 3.8) is 0 Å². The van der Waals surface area contributed by atoms with Crippen LogP contribution in [0.15, 0.2) is 54.7 Å². The van der Waals surface area contributed by atoms with Gasteiger partial charge in [-0.1, -0.05) is 36.4 Å². The monoisotopic (exact) mass is 426 g/mol. The van der Waals surface area contributed by atoms with Crippen LogP contribution in [0.5, 0.6) is 0 Å². The van der Waals surface area contributed by atoms with Crippen molar-refractivity contribution in [2.75, 3.05) is 25.9 Å². The number of rotatable bonds is 6. The third-order valence-electron chi connectivity index (χ3n) is 5.55. The van der Waals surface area contributed by atoms with Gasteiger partial charge in [0.25, 0.3) is 5.91 Å². The van der Waals surface area contributed by atoms with E-state index < -0.39 is 10.0 Å². The largest absolute Gasteiger partial charge is 0.350 e. The Morgan fingerprint density at radius 1 is 1.17 bits per heavy atom. The first-order chi connectivity index (χ1) is 14.4. The first kappa shape index (κ1) is 20.6. The van der Waals surface area contributed by atoms with Crippen molar-refractivity contribution in [3.05, 3.63) is 71.8 Å². The van der Waals surface area contributed by atoms with Crippen molar-refractivity contribution in [3.8, 4) is 0 Å². The van der Waals surface area contributed by atoms with Crippen LogP contribution in [0, 0.1) is 0 Å². The molecule has 0 unspecified atom stereocenters. The summed E-state index contributed by atoms with van der Waals surface area (Å²) < 4.78 is 27.4. The molecule has 1 N–H and O–H groups in total. The fourth-order valence-corrected chi connectivity index (χ4v) is 4.93. The number of hydrogen-bond acceptors (Lipinski definition) is 4. The van der Waals surface area contributed by atoms with Crippen LogP contribution in [0.3, 0.4) is 0 Å². The lowest BCUT2D eigenvalue weighted by molar-refractivity contribution is 0.0951. The molecule has 0 bridgehead atoms. The van der Waals surface area contributed by atoms with Crippen LogP contribution in [-0.4, -0.2) is 53.9 Å². The molecule has 1 saturated heterocycles. The van der Waals surface area contributed by atoms with Crippen LogP contribution in [0.4, 0.5) is 0 Å². The fraction of sp³-hybridized carbons (Fsp3) is 0.364. The maximum atomic E-state index is 12.9. The molecule has 3 aromatic rings. The van der Waals surface area contributed by atoms with Gasteiger partial charge in [-0.15, -0.1) is 0 Å². The molecule has 1 aliphatic heterocycles. The second kappa shape index (κ2) is 8.57. The van der Waals surface area contributed by atoms with Crippen LogP contribution < -0.4 is 5.32 Å². The average molecular weight is 427 g/mol. The number of imidazole rings is 1. The third-order valence-corrected chi connectivity index (χ3v) is 6.82. The van der Waals surface area contributed by atoms with E-state index in [1.165, 1.54) is 10.6 Å². The van der Waals surface area contributed by atoms with Crippen molar-refractivity contribution in [1.82, 2.24) is 19.0 Å². The molecular weight excluding hydrogens is 400 g/mol. The van der Waals surface area contributed by atoms with Gasteiger partial charge in [0.05, 0.1) is 11.8 Å². The third kappa shape index (κ3) is 4.39. The Hall–Kier alpha value is -2.71. The predicted octanol–water partition coefficient (Wildman–Crippen LogP) is 2.45. The average Bonchev–Trinajstić information content (AvgIpc) is 3.14. The molecule has 7 nitrogen and oxygen atoms in total. The van der Waals surface area contributed by atoms with Crippen LogP contribution in [0.1, 0.15) is 40.6 Å². The number of fused-ring (bicyclic) bond motifs is 1. The first-order valence-electron chi connectivity index (χ1n) is 10.2. The molecule has 8 heteroatoms. The lowest BCUT2D eigenvalue weighted by Crippen LogP contribution is -2.38. The molecule has 0 radical (unpaired) electrons. The van der Waals surface area contributed by atoms with Crippen molar-refractivity contribution >= 4 is 21.4 Å². The number of carbonyl (C=O) groups excluding carboxylic acids is 1. The zero-order chi connectivity index (χ0) is 21.1. The standard InChI is InChI=1S/C22H26N4O3S/c1-30(28,29)25-14-7-10-18(16-25)21-24-20(19-11-5-6-15-26(19)21)22(27)23-13-12-17-8-3-2-4-9-17/h2-6,8-9,11,15,18H,7,10,12-14,16H2,1H3,(H,23,27)/t18-/m0/s1. The van der Waals surface area contributed by atoms with Gasteiger partial charge in [-0.05, 0) is 37.0 Å². The molecule has 30 heavy (non-hydrogen) atoms. The van der Waals surface area contributed by atoms with E-state index in [9.17, 15) is 13.2 Å². The fourth-order valence-electron chi connectivity index (χ4n) is 4.02. The summed E-state index contributed by atoms with van der Waals surface area (Å²) in [6.45, 7) is 1.45. The highest BCUT2D eigenvalue weighted by Gasteiger charge is 2.30. The van der Waals surface area contributed by atoms with Gasteiger partial charge in [0, 0.05) is 31.7 Å². The quantitative estimate of drug-likeness (QED) is 0.656. The SMILES string of the molecule is CS(=O)(=O)N1CCC[C@H](c2nc(C(=O)NCCc3ccccc3)c3ccccn23)C1. The number of benzene rings is 1. The first-order valence-corrected chi connectivity index (χ1v) is 12.0. The Morgan fingerprint density at radius 2 is 1.93 bits per heavy atom. The highest BCUT2D eigenvalue weighted by Crippen LogP contribution is 2.29. The van der Waals surface area contributed by atoms with Crippen LogP contribution >= 0.6 is 0 Å². The summed E-state index contributed by atoms with van der Waals surface area (Å²) in [5, 5.41) is 2.97. The van der Waals surface area contributed by atoms with Crippen molar-refractivity contribution < 1.29 is 13.2 Å². The molecule has 0 spiro atoms. The number of pyridine rings is 1. The van der Waals surface area contributed by atoms with Gasteiger partial charge in [0.2, 0.25) is 10.0 Å². The van der Waals surface area contributed by atoms with Crippen LogP contribution in [0.25, 0.3) is 5.52 Å². The second-order valence-electron chi connectivity index (χ2n) is 7.73. The minimum Gasteiger partial charge on any atom is -0.350 e. The van der Waals surface area contributed by atoms with Crippen molar-refractivity contribution in [2.45, 2.75) is 25.2 Å². The summed E-state index contributed by atoms with van der Waals surface area (Å²) in [4.78, 5) is 17.6. The molecule has 0 aliphatic carbocycles. The number of sulfonamides is 1. The van der Waals surface area contributed by atoms with E-state index >= 15 is 0 Å². The molecule has 1 atom stereocenters. The molecule has 1 fully saturated rings. The summed E-state index contributed by atoms with van der Waals surface area (Å²) in [5.41, 5.74) is 2.28. The Bertz CT molecular complexity index is 1140. The van der Waals surface area contributed by atoms with Gasteiger partial charge < -0.3 is 9.72 Å². The number of nitrogens with zero attached hydrogens (tertiary/aromatic N) is 3. The van der Waals surface area contributed by atoms with E-state index in [0.717, 1.165) is 36.2 Å². The lowest BCUT2D eigenvalue weighted by atomic mass is 9.99. The topological polar surface area (TPSA) is 83.8 Å². The molecular formula is C22H26N4O3S. The normalized spacial score (nSPS) is 17.8. The van der Waals surface area contributed by atoms with E-state index in [1.54, 1.807) is 0 Å². The summed E-state index contributed by atoms with van der Waals surface area (Å²) in [6, 6.07) is 15.7. The molecule has 158 valence electrons. The van der Waals surface area contributed by atoms with Gasteiger partial charge in [-0.25, -0.2) is 17.7 Å². The number of nitrogens with one attached hydrogen (secondary N) is 1. The van der Waals surface area contributed by atoms with Crippen LogP contribution in [-0.2, 0) is 16.4 Å². The minimum atomic E-state index is -3.25. The van der Waals surface area contributed by atoms with Crippen molar-refractivity contribution in [2.24, 2.45) is 0 Å². The smallest absolute Gasteiger partial charge is 0.272 e. The zero-order valence-corrected chi connectivity index (χ0v) is 17.8. The van der Waals surface area contributed by atoms with E-state index in [-0.39, 0.29) is 11.8 Å². The van der Waals surface area contributed by atoms with Gasteiger partial charge in [-0.2, -0.15) is 0 Å². The number of piperidine rings is 1. The predicted molar refractivity (Wildman–Crippen MR) is 116 cm³/mol. The molecule has 4 rings (SSSR count). The number of aromatic nitrogens is 2. The van der Waals surface area contributed by atoms with Gasteiger partial charge in [0.1, 0.15) is 5.82 Å². The van der Waals surface area contributed by atoms with Crippen LogP contribution in [0.2, 0.25) is 0 Å². The molecule has 0 saturated carbocycles. The Kier molecular flexibility index (Phi) is 5.87. The summed E-state index contributed by atoms with van der Waals surface area (Å²) in [6.07, 6.45) is 5.49. The maximum absolute atomic E-state index is 12.9. The van der Waals surface area contributed by atoms with E-state index in [1.807, 2.05) is 59.1 Å². The highest BCUT2D eigenvalue weighted by atomic mass is 32.2. The molecule has 1 amide bonds. The Morgan fingerprint density at radius 3 is 2.70 bits per heavy atom. The minimum absolute atomic E-state index is 0.0470. The van der Waals surface area contributed by atoms with Crippen molar-refractivity contribution in [1.29, 1.82) is 0 Å². The summed E-state index contributed by atoms with van der Waals surface area (Å²) in [7, 11) is -3.25. The Labute approximate surface area is 176 Å². The zero-order valence-electron chi connectivity index (χ0n) is 17.0. The molecule has 3 heterocycles. The molecule has 1 aromatic carbocycles. The van der Waals surface area contributed by atoms with Gasteiger partial charge in [-0.3, -0.25) is 4.79 Å². The number of hydrogen-bond donors (Lipinski definition) is 1. The van der Waals surface area contributed by atoms with Gasteiger partial charge in [0.15, 0.2) is 5.69 Å². The number of amides is 1. The summed E-state index contributed by atoms with van der Waals surface area (Å²) in [5.74, 6) is 0.484. The summed E-state index contributed by atoms with van der Waals surface area (Å²) >= 11 is 0. The Balaban J connectivity index is 1.55. The second-order valence-corrected chi connectivity index (χ2v) is 9.71. The highest BCUT2D eigenvalue weighted by molar-refractivity contribution is 7.88. The van der Waals surface area contributed by atoms with Gasteiger partial charge >= 0.3 is 0 Å².